The monoisotopic (exact) mass is 468 g/mol. The Morgan fingerprint density at radius 2 is 1.59 bits per heavy atom. The van der Waals surface area contributed by atoms with E-state index in [0.717, 1.165) is 56.6 Å². The minimum Gasteiger partial charge on any atom is -0.369 e. The smallest absolute Gasteiger partial charge is 0.332 e. The molecule has 1 N–H and O–H groups in total. The maximum Gasteiger partial charge on any atom is 0.332 e. The first kappa shape index (κ1) is 24.1. The Bertz CT molecular complexity index is 1080. The first-order chi connectivity index (χ1) is 16.4. The maximum atomic E-state index is 12.7. The van der Waals surface area contributed by atoms with Gasteiger partial charge in [-0.05, 0) is 37.9 Å². The summed E-state index contributed by atoms with van der Waals surface area (Å²) >= 11 is 0. The van der Waals surface area contributed by atoms with Crippen LogP contribution in [0.1, 0.15) is 19.3 Å². The van der Waals surface area contributed by atoms with Crippen LogP contribution in [-0.4, -0.2) is 72.3 Å². The fourth-order valence-electron chi connectivity index (χ4n) is 4.92. The third kappa shape index (κ3) is 5.52. The van der Waals surface area contributed by atoms with Crippen LogP contribution in [0.15, 0.2) is 46.0 Å². The predicted octanol–water partition coefficient (Wildman–Crippen LogP) is 0.629. The number of nitrogens with zero attached hydrogens (tertiary/aromatic N) is 5. The Hall–Kier alpha value is -3.07. The van der Waals surface area contributed by atoms with E-state index >= 15 is 0 Å². The number of hydrogen-bond donors (Lipinski definition) is 1. The number of anilines is 2. The second-order valence-electron chi connectivity index (χ2n) is 9.31. The lowest BCUT2D eigenvalue weighted by Crippen LogP contribution is -2.47. The van der Waals surface area contributed by atoms with Gasteiger partial charge in [-0.25, -0.2) is 4.79 Å². The lowest BCUT2D eigenvalue weighted by atomic mass is 9.96. The van der Waals surface area contributed by atoms with Crippen LogP contribution in [0.5, 0.6) is 0 Å². The van der Waals surface area contributed by atoms with Gasteiger partial charge in [-0.2, -0.15) is 0 Å². The van der Waals surface area contributed by atoms with E-state index in [2.05, 4.69) is 39.4 Å². The van der Waals surface area contributed by atoms with E-state index in [-0.39, 0.29) is 23.1 Å². The van der Waals surface area contributed by atoms with E-state index in [9.17, 15) is 14.4 Å². The molecule has 2 aliphatic rings. The lowest BCUT2D eigenvalue weighted by Gasteiger charge is -2.36. The molecule has 4 rings (SSSR count). The van der Waals surface area contributed by atoms with Crippen molar-refractivity contribution < 1.29 is 4.79 Å². The standard InChI is InChI=1S/C25H36N6O3/c1-27-22(19-23(32)28(2)25(27)34)31-13-9-20(10-14-31)24(33)26-11-6-12-29-15-17-30(18-16-29)21-7-4-3-5-8-21/h3-5,7-8,19-20H,6,9-18H2,1-2H3,(H,26,33). The molecule has 2 saturated heterocycles. The highest BCUT2D eigenvalue weighted by Gasteiger charge is 2.26. The molecule has 9 nitrogen and oxygen atoms in total. The SMILES string of the molecule is Cn1c(N2CCC(C(=O)NCCCN3CCN(c4ccccc4)CC3)CC2)cc(=O)n(C)c1=O. The van der Waals surface area contributed by atoms with Gasteiger partial charge in [-0.3, -0.25) is 23.6 Å². The molecular formula is C25H36N6O3. The van der Waals surface area contributed by atoms with Gasteiger partial charge in [-0.1, -0.05) is 18.2 Å². The molecule has 184 valence electrons. The molecule has 3 heterocycles. The average molecular weight is 469 g/mol. The zero-order chi connectivity index (χ0) is 24.1. The Kier molecular flexibility index (Phi) is 7.72. The molecule has 0 atom stereocenters. The number of para-hydroxylation sites is 1. The van der Waals surface area contributed by atoms with Gasteiger partial charge in [0, 0.05) is 77.6 Å². The number of carbonyl (C=O) groups is 1. The van der Waals surface area contributed by atoms with Crippen LogP contribution in [0.3, 0.4) is 0 Å². The van der Waals surface area contributed by atoms with Gasteiger partial charge < -0.3 is 15.1 Å². The summed E-state index contributed by atoms with van der Waals surface area (Å²) in [7, 11) is 3.16. The van der Waals surface area contributed by atoms with Crippen molar-refractivity contribution in [1.29, 1.82) is 0 Å². The van der Waals surface area contributed by atoms with Gasteiger partial charge in [0.25, 0.3) is 5.56 Å². The third-order valence-electron chi connectivity index (χ3n) is 7.13. The number of nitrogens with one attached hydrogen (secondary N) is 1. The Balaban J connectivity index is 1.15. The van der Waals surface area contributed by atoms with Crippen LogP contribution >= 0.6 is 0 Å². The van der Waals surface area contributed by atoms with Crippen LogP contribution in [0, 0.1) is 5.92 Å². The van der Waals surface area contributed by atoms with Crippen LogP contribution in [-0.2, 0) is 18.9 Å². The fraction of sp³-hybridized carbons (Fsp3) is 0.560. The molecule has 0 radical (unpaired) electrons. The van der Waals surface area contributed by atoms with Crippen molar-refractivity contribution in [2.45, 2.75) is 19.3 Å². The van der Waals surface area contributed by atoms with Gasteiger partial charge in [0.1, 0.15) is 5.82 Å². The molecule has 2 aliphatic heterocycles. The van der Waals surface area contributed by atoms with Gasteiger partial charge in [0.2, 0.25) is 5.91 Å². The van der Waals surface area contributed by atoms with E-state index in [1.165, 1.54) is 23.4 Å². The topological polar surface area (TPSA) is 82.8 Å². The fourth-order valence-corrected chi connectivity index (χ4v) is 4.92. The number of amides is 1. The second kappa shape index (κ2) is 10.9. The first-order valence-electron chi connectivity index (χ1n) is 12.3. The molecule has 0 unspecified atom stereocenters. The van der Waals surface area contributed by atoms with Crippen LogP contribution in [0.25, 0.3) is 0 Å². The van der Waals surface area contributed by atoms with E-state index in [0.29, 0.717) is 25.5 Å². The quantitative estimate of drug-likeness (QED) is 0.601. The maximum absolute atomic E-state index is 12.7. The van der Waals surface area contributed by atoms with Crippen LogP contribution in [0.4, 0.5) is 11.5 Å². The third-order valence-corrected chi connectivity index (χ3v) is 7.13. The Morgan fingerprint density at radius 1 is 0.912 bits per heavy atom. The molecular weight excluding hydrogens is 432 g/mol. The molecule has 1 aromatic heterocycles. The van der Waals surface area contributed by atoms with Crippen molar-refractivity contribution in [2.24, 2.45) is 20.0 Å². The molecule has 34 heavy (non-hydrogen) atoms. The summed E-state index contributed by atoms with van der Waals surface area (Å²) in [4.78, 5) is 43.8. The molecule has 2 aromatic rings. The number of piperidine rings is 1. The van der Waals surface area contributed by atoms with E-state index in [4.69, 9.17) is 0 Å². The molecule has 1 amide bonds. The number of hydrogen-bond acceptors (Lipinski definition) is 6. The summed E-state index contributed by atoms with van der Waals surface area (Å²) in [5.74, 6) is 0.722. The van der Waals surface area contributed by atoms with E-state index in [1.54, 1.807) is 7.05 Å². The number of aromatic nitrogens is 2. The summed E-state index contributed by atoms with van der Waals surface area (Å²) in [6.07, 6.45) is 2.39. The molecule has 0 saturated carbocycles. The van der Waals surface area contributed by atoms with Crippen LogP contribution in [0.2, 0.25) is 0 Å². The highest BCUT2D eigenvalue weighted by molar-refractivity contribution is 5.78. The van der Waals surface area contributed by atoms with Crippen molar-refractivity contribution in [3.8, 4) is 0 Å². The molecule has 0 bridgehead atoms. The number of carbonyl (C=O) groups excluding carboxylic acids is 1. The molecule has 0 aliphatic carbocycles. The molecule has 0 spiro atoms. The van der Waals surface area contributed by atoms with E-state index < -0.39 is 0 Å². The number of piperazine rings is 1. The first-order valence-corrected chi connectivity index (χ1v) is 12.3. The second-order valence-corrected chi connectivity index (χ2v) is 9.31. The Morgan fingerprint density at radius 3 is 2.26 bits per heavy atom. The highest BCUT2D eigenvalue weighted by Crippen LogP contribution is 2.21. The highest BCUT2D eigenvalue weighted by atomic mass is 16.2. The van der Waals surface area contributed by atoms with E-state index in [1.807, 2.05) is 11.0 Å². The average Bonchev–Trinajstić information content (AvgIpc) is 2.88. The van der Waals surface area contributed by atoms with Gasteiger partial charge >= 0.3 is 5.69 Å². The summed E-state index contributed by atoms with van der Waals surface area (Å²) in [5, 5.41) is 3.12. The molecule has 1 aromatic carbocycles. The summed E-state index contributed by atoms with van der Waals surface area (Å²) < 4.78 is 2.61. The Labute approximate surface area is 200 Å². The van der Waals surface area contributed by atoms with Crippen molar-refractivity contribution in [1.82, 2.24) is 19.4 Å². The number of benzene rings is 1. The zero-order valence-electron chi connectivity index (χ0n) is 20.3. The lowest BCUT2D eigenvalue weighted by molar-refractivity contribution is -0.125. The van der Waals surface area contributed by atoms with Crippen molar-refractivity contribution >= 4 is 17.4 Å². The largest absolute Gasteiger partial charge is 0.369 e. The van der Waals surface area contributed by atoms with Crippen LogP contribution < -0.4 is 26.4 Å². The summed E-state index contributed by atoms with van der Waals surface area (Å²) in [6.45, 7) is 7.18. The summed E-state index contributed by atoms with van der Waals surface area (Å²) in [5.41, 5.74) is 0.653. The van der Waals surface area contributed by atoms with Gasteiger partial charge in [0.05, 0.1) is 0 Å². The predicted molar refractivity (Wildman–Crippen MR) is 135 cm³/mol. The van der Waals surface area contributed by atoms with Gasteiger partial charge in [0.15, 0.2) is 0 Å². The van der Waals surface area contributed by atoms with Crippen molar-refractivity contribution in [3.05, 3.63) is 57.2 Å². The van der Waals surface area contributed by atoms with Crippen molar-refractivity contribution in [3.63, 3.8) is 0 Å². The zero-order valence-corrected chi connectivity index (χ0v) is 20.3. The molecule has 2 fully saturated rings. The minimum atomic E-state index is -0.330. The molecule has 9 heteroatoms. The number of rotatable bonds is 7. The minimum absolute atomic E-state index is 0.0192. The summed E-state index contributed by atoms with van der Waals surface area (Å²) in [6, 6.07) is 12.0. The normalized spacial score (nSPS) is 17.7. The van der Waals surface area contributed by atoms with Crippen molar-refractivity contribution in [2.75, 3.05) is 62.2 Å². The van der Waals surface area contributed by atoms with Gasteiger partial charge in [-0.15, -0.1) is 0 Å².